The molecule has 0 saturated carbocycles. The Kier molecular flexibility index (Phi) is 6.93. The van der Waals surface area contributed by atoms with Crippen LogP contribution in [0.15, 0.2) is 78.9 Å². The first-order valence-corrected chi connectivity index (χ1v) is 11.2. The zero-order valence-electron chi connectivity index (χ0n) is 18.9. The average molecular weight is 445 g/mol. The molecule has 1 aliphatic rings. The normalized spacial score (nSPS) is 15.6. The highest BCUT2D eigenvalue weighted by Crippen LogP contribution is 2.35. The van der Waals surface area contributed by atoms with Gasteiger partial charge in [0.1, 0.15) is 6.61 Å². The third kappa shape index (κ3) is 4.85. The summed E-state index contributed by atoms with van der Waals surface area (Å²) in [6.45, 7) is 5.29. The summed E-state index contributed by atoms with van der Waals surface area (Å²) < 4.78 is 11.6. The summed E-state index contributed by atoms with van der Waals surface area (Å²) in [6.07, 6.45) is 0. The van der Waals surface area contributed by atoms with Gasteiger partial charge in [0, 0.05) is 12.1 Å². The number of hydrogen-bond acceptors (Lipinski definition) is 4. The van der Waals surface area contributed by atoms with Gasteiger partial charge in [-0.2, -0.15) is 0 Å². The number of carbonyl (C=O) groups is 2. The smallest absolute Gasteiger partial charge is 0.258 e. The zero-order valence-corrected chi connectivity index (χ0v) is 18.9. The Morgan fingerprint density at radius 2 is 1.48 bits per heavy atom. The van der Waals surface area contributed by atoms with Crippen LogP contribution in [-0.4, -0.2) is 38.1 Å². The molecule has 170 valence electrons. The quantitative estimate of drug-likeness (QED) is 0.526. The summed E-state index contributed by atoms with van der Waals surface area (Å²) >= 11 is 0. The first kappa shape index (κ1) is 22.4. The van der Waals surface area contributed by atoms with Gasteiger partial charge >= 0.3 is 0 Å². The first-order valence-electron chi connectivity index (χ1n) is 11.2. The summed E-state index contributed by atoms with van der Waals surface area (Å²) in [6, 6.07) is 24.2. The fraction of sp³-hybridized carbons (Fsp3) is 0.259. The van der Waals surface area contributed by atoms with Crippen molar-refractivity contribution in [3.8, 4) is 11.5 Å². The van der Waals surface area contributed by atoms with Crippen molar-refractivity contribution in [2.75, 3.05) is 36.1 Å². The highest BCUT2D eigenvalue weighted by molar-refractivity contribution is 6.11. The number of hydrogen-bond donors (Lipinski definition) is 0. The Morgan fingerprint density at radius 1 is 0.879 bits per heavy atom. The van der Waals surface area contributed by atoms with E-state index in [1.165, 1.54) is 0 Å². The van der Waals surface area contributed by atoms with Crippen LogP contribution < -0.4 is 19.3 Å². The number of para-hydroxylation sites is 4. The lowest BCUT2D eigenvalue weighted by Crippen LogP contribution is -2.39. The number of benzene rings is 3. The van der Waals surface area contributed by atoms with Crippen LogP contribution in [0.2, 0.25) is 0 Å². The number of fused-ring (bicyclic) bond motifs is 1. The number of carbonyl (C=O) groups excluding carboxylic acids is 2. The van der Waals surface area contributed by atoms with Crippen LogP contribution in [-0.2, 0) is 4.79 Å². The topological polar surface area (TPSA) is 59.1 Å². The molecule has 3 aromatic carbocycles. The minimum Gasteiger partial charge on any atom is -0.490 e. The molecule has 0 fully saturated rings. The molecule has 1 heterocycles. The third-order valence-electron chi connectivity index (χ3n) is 5.59. The van der Waals surface area contributed by atoms with Crippen molar-refractivity contribution in [1.29, 1.82) is 0 Å². The summed E-state index contributed by atoms with van der Waals surface area (Å²) in [4.78, 5) is 30.1. The van der Waals surface area contributed by atoms with E-state index in [2.05, 4.69) is 0 Å². The van der Waals surface area contributed by atoms with Crippen molar-refractivity contribution in [2.24, 2.45) is 5.92 Å². The van der Waals surface area contributed by atoms with Crippen molar-refractivity contribution >= 4 is 23.2 Å². The largest absolute Gasteiger partial charge is 0.490 e. The summed E-state index contributed by atoms with van der Waals surface area (Å²) in [5.41, 5.74) is 2.02. The van der Waals surface area contributed by atoms with Gasteiger partial charge in [-0.15, -0.1) is 0 Å². The summed E-state index contributed by atoms with van der Waals surface area (Å²) in [5.74, 6) is 0.805. The number of anilines is 2. The van der Waals surface area contributed by atoms with Crippen molar-refractivity contribution < 1.29 is 19.1 Å². The Bertz CT molecular complexity index is 1120. The summed E-state index contributed by atoms with van der Waals surface area (Å²) in [5, 5.41) is 0. The monoisotopic (exact) mass is 444 g/mol. The molecular weight excluding hydrogens is 416 g/mol. The number of nitrogens with zero attached hydrogens (tertiary/aromatic N) is 2. The molecule has 4 rings (SSSR count). The van der Waals surface area contributed by atoms with Gasteiger partial charge in [-0.05, 0) is 43.3 Å². The molecule has 1 unspecified atom stereocenters. The lowest BCUT2D eigenvalue weighted by Gasteiger charge is -2.25. The van der Waals surface area contributed by atoms with E-state index in [-0.39, 0.29) is 17.7 Å². The maximum Gasteiger partial charge on any atom is 0.258 e. The molecule has 0 aromatic heterocycles. The van der Waals surface area contributed by atoms with Crippen molar-refractivity contribution in [3.05, 3.63) is 84.4 Å². The first-order chi connectivity index (χ1) is 16.1. The predicted molar refractivity (Wildman–Crippen MR) is 129 cm³/mol. The van der Waals surface area contributed by atoms with Crippen LogP contribution >= 0.6 is 0 Å². The molecule has 0 N–H and O–H groups in total. The molecule has 33 heavy (non-hydrogen) atoms. The standard InChI is InChI=1S/C27H28N2O4/c1-3-32-24-15-9-10-16-25(24)33-18-17-28-22-13-7-8-14-23(22)29(19-20(2)26(28)30)27(31)21-11-5-4-6-12-21/h4-16,20H,3,17-19H2,1-2H3. The molecule has 0 radical (unpaired) electrons. The molecular formula is C27H28N2O4. The Labute approximate surface area is 194 Å². The van der Waals surface area contributed by atoms with E-state index >= 15 is 0 Å². The molecule has 1 aliphatic heterocycles. The molecule has 0 bridgehead atoms. The Hall–Kier alpha value is -3.80. The maximum atomic E-state index is 13.3. The van der Waals surface area contributed by atoms with Crippen LogP contribution in [0.5, 0.6) is 11.5 Å². The average Bonchev–Trinajstić information content (AvgIpc) is 2.95. The number of ether oxygens (including phenoxy) is 2. The highest BCUT2D eigenvalue weighted by Gasteiger charge is 2.33. The number of amides is 2. The van der Waals surface area contributed by atoms with E-state index in [9.17, 15) is 9.59 Å². The van der Waals surface area contributed by atoms with Crippen LogP contribution in [0.25, 0.3) is 0 Å². The SMILES string of the molecule is CCOc1ccccc1OCCN1C(=O)C(C)CN(C(=O)c2ccccc2)c2ccccc21. The molecule has 3 aromatic rings. The van der Waals surface area contributed by atoms with E-state index in [4.69, 9.17) is 9.47 Å². The van der Waals surface area contributed by atoms with Crippen molar-refractivity contribution in [1.82, 2.24) is 0 Å². The van der Waals surface area contributed by atoms with Gasteiger partial charge in [0.2, 0.25) is 5.91 Å². The molecule has 0 aliphatic carbocycles. The highest BCUT2D eigenvalue weighted by atomic mass is 16.5. The minimum absolute atomic E-state index is 0.0347. The van der Waals surface area contributed by atoms with Gasteiger partial charge in [-0.1, -0.05) is 49.4 Å². The summed E-state index contributed by atoms with van der Waals surface area (Å²) in [7, 11) is 0. The van der Waals surface area contributed by atoms with Gasteiger partial charge in [0.25, 0.3) is 5.91 Å². The van der Waals surface area contributed by atoms with Gasteiger partial charge in [-0.3, -0.25) is 9.59 Å². The van der Waals surface area contributed by atoms with E-state index in [0.717, 1.165) is 5.69 Å². The van der Waals surface area contributed by atoms with Crippen LogP contribution in [0.3, 0.4) is 0 Å². The Balaban J connectivity index is 1.59. The molecule has 1 atom stereocenters. The van der Waals surface area contributed by atoms with Gasteiger partial charge in [0.15, 0.2) is 11.5 Å². The second-order valence-electron chi connectivity index (χ2n) is 7.89. The second kappa shape index (κ2) is 10.2. The Morgan fingerprint density at radius 3 is 2.18 bits per heavy atom. The maximum absolute atomic E-state index is 13.3. The fourth-order valence-corrected chi connectivity index (χ4v) is 4.01. The van der Waals surface area contributed by atoms with E-state index in [0.29, 0.717) is 49.1 Å². The van der Waals surface area contributed by atoms with Gasteiger partial charge in [-0.25, -0.2) is 0 Å². The number of rotatable bonds is 7. The van der Waals surface area contributed by atoms with Crippen LogP contribution in [0.4, 0.5) is 11.4 Å². The molecule has 6 nitrogen and oxygen atoms in total. The van der Waals surface area contributed by atoms with E-state index in [1.54, 1.807) is 21.9 Å². The third-order valence-corrected chi connectivity index (χ3v) is 5.59. The van der Waals surface area contributed by atoms with Crippen molar-refractivity contribution in [3.63, 3.8) is 0 Å². The zero-order chi connectivity index (χ0) is 23.2. The fourth-order valence-electron chi connectivity index (χ4n) is 4.01. The van der Waals surface area contributed by atoms with Crippen LogP contribution in [0.1, 0.15) is 24.2 Å². The van der Waals surface area contributed by atoms with E-state index < -0.39 is 0 Å². The molecule has 0 saturated heterocycles. The minimum atomic E-state index is -0.360. The lowest BCUT2D eigenvalue weighted by atomic mass is 10.1. The van der Waals surface area contributed by atoms with Crippen LogP contribution in [0, 0.1) is 5.92 Å². The molecule has 0 spiro atoms. The van der Waals surface area contributed by atoms with Gasteiger partial charge in [0.05, 0.1) is 30.4 Å². The second-order valence-corrected chi connectivity index (χ2v) is 7.89. The van der Waals surface area contributed by atoms with E-state index in [1.807, 2.05) is 80.6 Å². The molecule has 2 amide bonds. The molecule has 6 heteroatoms. The predicted octanol–water partition coefficient (Wildman–Crippen LogP) is 4.79. The van der Waals surface area contributed by atoms with Gasteiger partial charge < -0.3 is 19.3 Å². The van der Waals surface area contributed by atoms with Crippen molar-refractivity contribution in [2.45, 2.75) is 13.8 Å². The lowest BCUT2D eigenvalue weighted by molar-refractivity contribution is -0.121.